The molecule has 2 aromatic rings. The van der Waals surface area contributed by atoms with Crippen LogP contribution in [-0.2, 0) is 27.2 Å². The number of aromatic hydroxyl groups is 1. The lowest BCUT2D eigenvalue weighted by Gasteiger charge is -2.24. The number of phenols is 1. The molecule has 1 aliphatic rings. The number of aliphatic hydroxyl groups excluding tert-OH is 1. The van der Waals surface area contributed by atoms with Crippen LogP contribution in [0, 0.1) is 0 Å². The highest BCUT2D eigenvalue weighted by atomic mass is 79.9. The van der Waals surface area contributed by atoms with E-state index in [0.717, 1.165) is 0 Å². The summed E-state index contributed by atoms with van der Waals surface area (Å²) in [4.78, 5) is 37.6. The Labute approximate surface area is 233 Å². The van der Waals surface area contributed by atoms with Gasteiger partial charge in [-0.2, -0.15) is 0 Å². The first kappa shape index (κ1) is 31.8. The third kappa shape index (κ3) is 7.89. The molecular weight excluding hydrogens is 624 g/mol. The van der Waals surface area contributed by atoms with Gasteiger partial charge in [-0.25, -0.2) is 4.79 Å². The molecule has 36 heavy (non-hydrogen) atoms. The van der Waals surface area contributed by atoms with Gasteiger partial charge in [0.15, 0.2) is 0 Å². The molecule has 1 aliphatic heterocycles. The summed E-state index contributed by atoms with van der Waals surface area (Å²) in [5, 5.41) is 35.2. The number of carboxylic acids is 1. The van der Waals surface area contributed by atoms with E-state index in [4.69, 9.17) is 23.1 Å². The number of carbonyl (C=O) groups excluding carboxylic acids is 2. The number of hydrogen-bond donors (Lipinski definition) is 7. The van der Waals surface area contributed by atoms with E-state index in [2.05, 4.69) is 10.6 Å². The van der Waals surface area contributed by atoms with Gasteiger partial charge in [-0.05, 0) is 46.5 Å². The molecule has 0 fully saturated rings. The van der Waals surface area contributed by atoms with E-state index in [0.29, 0.717) is 27.3 Å². The average molecular weight is 653 g/mol. The number of hydrogen-bond acceptors (Lipinski definition) is 7. The number of aliphatic hydroxyl groups is 1. The van der Waals surface area contributed by atoms with Crippen LogP contribution >= 0.6 is 45.6 Å². The van der Waals surface area contributed by atoms with Gasteiger partial charge in [0.25, 0.3) is 0 Å². The van der Waals surface area contributed by atoms with Crippen molar-refractivity contribution >= 4 is 63.3 Å². The van der Waals surface area contributed by atoms with Crippen molar-refractivity contribution in [1.82, 2.24) is 10.6 Å². The largest absolute Gasteiger partial charge is 0.508 e. The number of nitrogens with two attached hydrogens (primary N) is 2. The fourth-order valence-corrected chi connectivity index (χ4v) is 3.93. The first-order chi connectivity index (χ1) is 16.1. The molecule has 13 heteroatoms. The molecule has 0 aliphatic carbocycles. The number of fused-ring (bicyclic) bond motifs is 5. The summed E-state index contributed by atoms with van der Waals surface area (Å²) in [6.45, 7) is -0.170. The number of nitrogens with one attached hydrogen (secondary N) is 2. The molecule has 2 amide bonds. The highest BCUT2D eigenvalue weighted by molar-refractivity contribution is 8.93. The maximum absolute atomic E-state index is 12.9. The highest BCUT2D eigenvalue weighted by Crippen LogP contribution is 2.30. The molecule has 0 saturated heterocycles. The molecule has 3 rings (SSSR count). The zero-order valence-electron chi connectivity index (χ0n) is 19.0. The van der Waals surface area contributed by atoms with Crippen molar-refractivity contribution < 1.29 is 29.7 Å². The van der Waals surface area contributed by atoms with Gasteiger partial charge in [0.2, 0.25) is 11.8 Å². The summed E-state index contributed by atoms with van der Waals surface area (Å²) in [5.41, 5.74) is 13.8. The Bertz CT molecular complexity index is 1110. The smallest absolute Gasteiger partial charge is 0.326 e. The minimum absolute atomic E-state index is 0. The first-order valence-corrected chi connectivity index (χ1v) is 11.0. The van der Waals surface area contributed by atoms with Gasteiger partial charge in [-0.15, -0.1) is 34.0 Å². The van der Waals surface area contributed by atoms with E-state index < -0.39 is 42.0 Å². The summed E-state index contributed by atoms with van der Waals surface area (Å²) in [6.07, 6.45) is -1.52. The zero-order valence-corrected chi connectivity index (χ0v) is 23.2. The van der Waals surface area contributed by atoms with Crippen molar-refractivity contribution in [3.8, 4) is 16.9 Å². The summed E-state index contributed by atoms with van der Waals surface area (Å²) in [7, 11) is 0. The monoisotopic (exact) mass is 650 g/mol. The number of carboxylic acid groups (broad SMARTS) is 1. The van der Waals surface area contributed by atoms with E-state index in [-0.39, 0.29) is 65.5 Å². The van der Waals surface area contributed by atoms with Crippen LogP contribution in [0.25, 0.3) is 11.1 Å². The maximum Gasteiger partial charge on any atom is 0.326 e. The molecule has 10 nitrogen and oxygen atoms in total. The molecule has 0 unspecified atom stereocenters. The van der Waals surface area contributed by atoms with Crippen molar-refractivity contribution in [2.75, 3.05) is 6.54 Å². The van der Waals surface area contributed by atoms with Gasteiger partial charge in [-0.1, -0.05) is 23.7 Å². The molecule has 198 valence electrons. The van der Waals surface area contributed by atoms with Gasteiger partial charge >= 0.3 is 5.97 Å². The van der Waals surface area contributed by atoms with Crippen molar-refractivity contribution in [3.05, 3.63) is 52.5 Å². The standard InChI is InChI=1S/C23H27ClN4O6.2BrH/c24-16-3-1-11-5-13(16)8-19(23(33)34)28-22(32)18(9-15(29)10-25)27-21(31)17(26)7-14-6-12(11)2-4-20(14)30;;/h1-6,15,17-19,29-30H,7-10,25-26H2,(H,27,31)(H,28,32)(H,33,34);2*1H/t15-,17+,18+,19+;;/m1../s1. The second-order valence-electron chi connectivity index (χ2n) is 8.25. The molecule has 9 N–H and O–H groups in total. The fourth-order valence-electron chi connectivity index (χ4n) is 3.74. The van der Waals surface area contributed by atoms with Crippen LogP contribution in [0.15, 0.2) is 36.4 Å². The van der Waals surface area contributed by atoms with Gasteiger partial charge in [-0.3, -0.25) is 9.59 Å². The van der Waals surface area contributed by atoms with E-state index in [1.54, 1.807) is 30.3 Å². The molecule has 0 radical (unpaired) electrons. The van der Waals surface area contributed by atoms with Gasteiger partial charge < -0.3 is 37.4 Å². The van der Waals surface area contributed by atoms with E-state index in [1.165, 1.54) is 6.07 Å². The van der Waals surface area contributed by atoms with Crippen LogP contribution in [0.4, 0.5) is 0 Å². The molecule has 0 aromatic heterocycles. The van der Waals surface area contributed by atoms with Crippen LogP contribution in [0.3, 0.4) is 0 Å². The molecule has 1 heterocycles. The molecule has 4 atom stereocenters. The number of carbonyl (C=O) groups is 3. The highest BCUT2D eigenvalue weighted by Gasteiger charge is 2.30. The van der Waals surface area contributed by atoms with E-state index in [1.807, 2.05) is 0 Å². The second kappa shape index (κ2) is 13.9. The normalized spacial score (nSPS) is 20.8. The number of halogens is 3. The van der Waals surface area contributed by atoms with Gasteiger partial charge in [0.05, 0.1) is 12.1 Å². The first-order valence-electron chi connectivity index (χ1n) is 10.7. The molecule has 0 spiro atoms. The van der Waals surface area contributed by atoms with E-state index in [9.17, 15) is 29.7 Å². The Morgan fingerprint density at radius 2 is 1.64 bits per heavy atom. The maximum atomic E-state index is 12.9. The van der Waals surface area contributed by atoms with Crippen molar-refractivity contribution in [3.63, 3.8) is 0 Å². The molecular formula is C23H29Br2ClN4O6. The number of phenolic OH excluding ortho intramolecular Hbond substituents is 1. The number of rotatable bonds is 4. The minimum Gasteiger partial charge on any atom is -0.508 e. The van der Waals surface area contributed by atoms with Crippen molar-refractivity contribution in [2.24, 2.45) is 11.5 Å². The van der Waals surface area contributed by atoms with Crippen LogP contribution < -0.4 is 22.1 Å². The Morgan fingerprint density at radius 1 is 1.03 bits per heavy atom. The number of aliphatic carboxylic acids is 1. The SMILES string of the molecule is Br.Br.NC[C@H](O)C[C@@H]1NC(=O)[C@@H](N)Cc2cc(ccc2O)-c2ccc(Cl)c(c2)C[C@@H](C(=O)O)NC1=O. The predicted octanol–water partition coefficient (Wildman–Crippen LogP) is 1.06. The summed E-state index contributed by atoms with van der Waals surface area (Å²) in [6, 6.07) is 6.13. The Morgan fingerprint density at radius 3 is 2.25 bits per heavy atom. The molecule has 4 bridgehead atoms. The van der Waals surface area contributed by atoms with Crippen molar-refractivity contribution in [1.29, 1.82) is 0 Å². The lowest BCUT2D eigenvalue weighted by Crippen LogP contribution is -2.56. The van der Waals surface area contributed by atoms with Crippen molar-refractivity contribution in [2.45, 2.75) is 43.5 Å². The van der Waals surface area contributed by atoms with Crippen LogP contribution in [-0.4, -0.2) is 63.9 Å². The Balaban J connectivity index is 0.00000324. The Hall–Kier alpha value is -2.22. The second-order valence-corrected chi connectivity index (χ2v) is 8.66. The zero-order chi connectivity index (χ0) is 25.0. The summed E-state index contributed by atoms with van der Waals surface area (Å²) in [5.74, 6) is -2.87. The lowest BCUT2D eigenvalue weighted by atomic mass is 9.96. The summed E-state index contributed by atoms with van der Waals surface area (Å²) < 4.78 is 0. The Kier molecular flexibility index (Phi) is 12.3. The van der Waals surface area contributed by atoms with Crippen LogP contribution in [0.2, 0.25) is 5.02 Å². The fraction of sp³-hybridized carbons (Fsp3) is 0.348. The predicted molar refractivity (Wildman–Crippen MR) is 146 cm³/mol. The third-order valence-electron chi connectivity index (χ3n) is 5.69. The van der Waals surface area contributed by atoms with Gasteiger partial charge in [0.1, 0.15) is 17.8 Å². The summed E-state index contributed by atoms with van der Waals surface area (Å²) >= 11 is 6.31. The topological polar surface area (TPSA) is 188 Å². The average Bonchev–Trinajstić information content (AvgIpc) is 2.79. The quantitative estimate of drug-likeness (QED) is 0.255. The minimum atomic E-state index is -1.36. The number of amides is 2. The third-order valence-corrected chi connectivity index (χ3v) is 6.06. The lowest BCUT2D eigenvalue weighted by molar-refractivity contribution is -0.142. The van der Waals surface area contributed by atoms with Crippen LogP contribution in [0.1, 0.15) is 17.5 Å². The van der Waals surface area contributed by atoms with Gasteiger partial charge in [0, 0.05) is 30.8 Å². The van der Waals surface area contributed by atoms with E-state index >= 15 is 0 Å². The number of benzene rings is 2. The van der Waals surface area contributed by atoms with Crippen LogP contribution in [0.5, 0.6) is 5.75 Å². The molecule has 2 aromatic carbocycles. The molecule has 0 saturated carbocycles.